The van der Waals surface area contributed by atoms with Crippen LogP contribution in [0.1, 0.15) is 35.4 Å². The Morgan fingerprint density at radius 2 is 1.85 bits per heavy atom. The molecule has 0 spiro atoms. The number of aliphatic hydroxyl groups is 1. The van der Waals surface area contributed by atoms with Gasteiger partial charge < -0.3 is 14.7 Å². The fourth-order valence-electron chi connectivity index (χ4n) is 5.22. The third-order valence-corrected chi connectivity index (χ3v) is 7.01. The van der Waals surface area contributed by atoms with E-state index in [1.165, 1.54) is 6.07 Å². The van der Waals surface area contributed by atoms with Crippen LogP contribution in [0.4, 0.5) is 10.3 Å². The predicted octanol–water partition coefficient (Wildman–Crippen LogP) is 3.65. The lowest BCUT2D eigenvalue weighted by Crippen LogP contribution is -2.37. The van der Waals surface area contributed by atoms with E-state index < -0.39 is 5.60 Å². The van der Waals surface area contributed by atoms with Crippen LogP contribution in [0.25, 0.3) is 16.8 Å². The summed E-state index contributed by atoms with van der Waals surface area (Å²) >= 11 is 0. The monoisotopic (exact) mass is 459 g/mol. The summed E-state index contributed by atoms with van der Waals surface area (Å²) in [4.78, 5) is 16.1. The number of fused-ring (bicyclic) bond motifs is 3. The van der Waals surface area contributed by atoms with Crippen LogP contribution in [-0.2, 0) is 16.8 Å². The molecule has 1 unspecified atom stereocenters. The average molecular weight is 460 g/mol. The number of nitrogens with zero attached hydrogens (tertiary/aromatic N) is 5. The van der Waals surface area contributed by atoms with Crippen molar-refractivity contribution < 1.29 is 14.2 Å². The van der Waals surface area contributed by atoms with Gasteiger partial charge in [-0.25, -0.2) is 19.3 Å². The zero-order valence-electron chi connectivity index (χ0n) is 19.0. The van der Waals surface area contributed by atoms with E-state index in [1.807, 2.05) is 41.2 Å². The second kappa shape index (κ2) is 8.14. The standard InChI is InChI=1S/C26H26FN5O2/c1-17-20(4-2-5-21(17)27)26(33)9-3-6-22-24(26)32-16-18(7-8-23(32)30-22)19-14-28-25(29-15-19)31-10-12-34-13-11-31/h2,4-5,7-8,14-16,33H,3,6,9-13H2,1H3. The Hall–Kier alpha value is -3.36. The van der Waals surface area contributed by atoms with Crippen LogP contribution in [0.5, 0.6) is 0 Å². The third-order valence-electron chi connectivity index (χ3n) is 7.01. The third kappa shape index (κ3) is 3.36. The van der Waals surface area contributed by atoms with E-state index in [-0.39, 0.29) is 5.82 Å². The number of ether oxygens (including phenoxy) is 1. The Labute approximate surface area is 196 Å². The quantitative estimate of drug-likeness (QED) is 0.504. The molecule has 1 fully saturated rings. The summed E-state index contributed by atoms with van der Waals surface area (Å²) in [5.74, 6) is 0.383. The predicted molar refractivity (Wildman–Crippen MR) is 126 cm³/mol. The minimum absolute atomic E-state index is 0.315. The topological polar surface area (TPSA) is 75.8 Å². The van der Waals surface area contributed by atoms with Crippen molar-refractivity contribution in [2.75, 3.05) is 31.2 Å². The molecule has 0 saturated carbocycles. The van der Waals surface area contributed by atoms with Gasteiger partial charge in [0.15, 0.2) is 0 Å². The molecule has 1 aliphatic carbocycles. The summed E-state index contributed by atoms with van der Waals surface area (Å²) < 4.78 is 21.8. The van der Waals surface area contributed by atoms with E-state index >= 15 is 0 Å². The molecular formula is C26H26FN5O2. The number of anilines is 1. The number of aryl methyl sites for hydroxylation is 1. The Kier molecular flexibility index (Phi) is 5.08. The number of morpholine rings is 1. The number of hydrogen-bond acceptors (Lipinski definition) is 6. The highest BCUT2D eigenvalue weighted by molar-refractivity contribution is 5.65. The summed E-state index contributed by atoms with van der Waals surface area (Å²) in [7, 11) is 0. The van der Waals surface area contributed by atoms with Gasteiger partial charge in [0.05, 0.1) is 24.6 Å². The molecule has 0 amide bonds. The van der Waals surface area contributed by atoms with Crippen molar-refractivity contribution in [1.82, 2.24) is 19.4 Å². The zero-order valence-corrected chi connectivity index (χ0v) is 19.0. The van der Waals surface area contributed by atoms with Gasteiger partial charge >= 0.3 is 0 Å². The van der Waals surface area contributed by atoms with Crippen LogP contribution in [-0.4, -0.2) is 50.8 Å². The van der Waals surface area contributed by atoms with Crippen LogP contribution in [0.2, 0.25) is 0 Å². The maximum absolute atomic E-state index is 14.4. The van der Waals surface area contributed by atoms with Crippen molar-refractivity contribution in [2.45, 2.75) is 31.8 Å². The lowest BCUT2D eigenvalue weighted by molar-refractivity contribution is 0.0548. The average Bonchev–Trinajstić information content (AvgIpc) is 3.26. The van der Waals surface area contributed by atoms with Gasteiger partial charge in [-0.05, 0) is 55.5 Å². The van der Waals surface area contributed by atoms with Crippen molar-refractivity contribution in [1.29, 1.82) is 0 Å². The Morgan fingerprint density at radius 1 is 1.06 bits per heavy atom. The Morgan fingerprint density at radius 3 is 2.65 bits per heavy atom. The first-order chi connectivity index (χ1) is 16.5. The van der Waals surface area contributed by atoms with Gasteiger partial charge in [0, 0.05) is 42.8 Å². The first-order valence-corrected chi connectivity index (χ1v) is 11.7. The summed E-state index contributed by atoms with van der Waals surface area (Å²) in [6.07, 6.45) is 7.70. The van der Waals surface area contributed by atoms with Crippen LogP contribution in [0.3, 0.4) is 0 Å². The molecule has 6 rings (SSSR count). The number of pyridine rings is 1. The highest BCUT2D eigenvalue weighted by Gasteiger charge is 2.41. The number of hydrogen-bond donors (Lipinski definition) is 1. The minimum Gasteiger partial charge on any atom is -0.379 e. The molecule has 8 heteroatoms. The lowest BCUT2D eigenvalue weighted by Gasteiger charge is -2.34. The fourth-order valence-corrected chi connectivity index (χ4v) is 5.22. The molecule has 34 heavy (non-hydrogen) atoms. The molecule has 7 nitrogen and oxygen atoms in total. The number of rotatable bonds is 3. The summed E-state index contributed by atoms with van der Waals surface area (Å²) in [6.45, 7) is 4.65. The largest absolute Gasteiger partial charge is 0.379 e. The molecule has 1 aromatic carbocycles. The lowest BCUT2D eigenvalue weighted by atomic mass is 9.78. The second-order valence-corrected chi connectivity index (χ2v) is 9.05. The van der Waals surface area contributed by atoms with Gasteiger partial charge in [-0.15, -0.1) is 0 Å². The minimum atomic E-state index is -1.31. The normalized spacial score (nSPS) is 20.5. The van der Waals surface area contributed by atoms with E-state index in [9.17, 15) is 9.50 Å². The van der Waals surface area contributed by atoms with Gasteiger partial charge in [-0.2, -0.15) is 0 Å². The van der Waals surface area contributed by atoms with E-state index in [1.54, 1.807) is 13.0 Å². The van der Waals surface area contributed by atoms with E-state index in [4.69, 9.17) is 9.72 Å². The number of halogens is 1. The van der Waals surface area contributed by atoms with Crippen molar-refractivity contribution in [3.8, 4) is 11.1 Å². The molecular weight excluding hydrogens is 433 g/mol. The Bertz CT molecular complexity index is 1360. The fraction of sp³-hybridized carbons (Fsp3) is 0.346. The van der Waals surface area contributed by atoms with Gasteiger partial charge in [-0.1, -0.05) is 12.1 Å². The van der Waals surface area contributed by atoms with Crippen molar-refractivity contribution in [3.63, 3.8) is 0 Å². The summed E-state index contributed by atoms with van der Waals surface area (Å²) in [6, 6.07) is 8.84. The molecule has 0 radical (unpaired) electrons. The van der Waals surface area contributed by atoms with Crippen molar-refractivity contribution in [2.24, 2.45) is 0 Å². The van der Waals surface area contributed by atoms with E-state index in [0.717, 1.165) is 54.1 Å². The van der Waals surface area contributed by atoms with E-state index in [2.05, 4.69) is 14.9 Å². The van der Waals surface area contributed by atoms with Gasteiger partial charge in [-0.3, -0.25) is 4.40 Å². The molecule has 1 saturated heterocycles. The van der Waals surface area contributed by atoms with Crippen LogP contribution in [0, 0.1) is 12.7 Å². The van der Waals surface area contributed by atoms with Gasteiger partial charge in [0.25, 0.3) is 0 Å². The molecule has 4 aromatic rings. The Balaban J connectivity index is 1.43. The molecule has 1 atom stereocenters. The highest BCUT2D eigenvalue weighted by atomic mass is 19.1. The summed E-state index contributed by atoms with van der Waals surface area (Å²) in [5, 5.41) is 12.0. The molecule has 174 valence electrons. The zero-order chi connectivity index (χ0) is 23.3. The van der Waals surface area contributed by atoms with Crippen LogP contribution >= 0.6 is 0 Å². The smallest absolute Gasteiger partial charge is 0.225 e. The molecule has 1 aliphatic heterocycles. The molecule has 3 aromatic heterocycles. The number of aromatic nitrogens is 4. The van der Waals surface area contributed by atoms with Crippen LogP contribution in [0.15, 0.2) is 48.9 Å². The molecule has 4 heterocycles. The SMILES string of the molecule is Cc1c(F)cccc1C1(O)CCCc2nc3ccc(-c4cnc(N5CCOCC5)nc4)cn3c21. The van der Waals surface area contributed by atoms with Crippen molar-refractivity contribution >= 4 is 11.6 Å². The van der Waals surface area contributed by atoms with E-state index in [0.29, 0.717) is 36.7 Å². The van der Waals surface area contributed by atoms with Gasteiger partial charge in [0.1, 0.15) is 17.1 Å². The number of imidazole rings is 1. The first kappa shape index (κ1) is 21.2. The maximum Gasteiger partial charge on any atom is 0.225 e. The molecule has 1 N–H and O–H groups in total. The van der Waals surface area contributed by atoms with Gasteiger partial charge in [0.2, 0.25) is 5.95 Å². The van der Waals surface area contributed by atoms with Crippen LogP contribution < -0.4 is 4.90 Å². The maximum atomic E-state index is 14.4. The first-order valence-electron chi connectivity index (χ1n) is 11.7. The second-order valence-electron chi connectivity index (χ2n) is 9.05. The molecule has 2 aliphatic rings. The summed E-state index contributed by atoms with van der Waals surface area (Å²) in [5.41, 5.74) is 3.88. The number of benzene rings is 1. The van der Waals surface area contributed by atoms with Crippen molar-refractivity contribution in [3.05, 3.63) is 77.3 Å². The molecule has 0 bridgehead atoms. The highest BCUT2D eigenvalue weighted by Crippen LogP contribution is 2.42.